The monoisotopic (exact) mass is 647 g/mol. The minimum Gasteiger partial charge on any atom is -0.488 e. The molecule has 14 heteroatoms. The Labute approximate surface area is 266 Å². The first kappa shape index (κ1) is 31.7. The molecule has 0 amide bonds. The maximum Gasteiger partial charge on any atom is 0.355 e. The van der Waals surface area contributed by atoms with Gasteiger partial charge < -0.3 is 25.6 Å². The van der Waals surface area contributed by atoms with Crippen LogP contribution in [0.3, 0.4) is 0 Å². The van der Waals surface area contributed by atoms with Gasteiger partial charge in [0.15, 0.2) is 33.3 Å². The van der Waals surface area contributed by atoms with Gasteiger partial charge in [-0.1, -0.05) is 35.3 Å². The van der Waals surface area contributed by atoms with Crippen LogP contribution < -0.4 is 15.4 Å². The third-order valence-electron chi connectivity index (χ3n) is 6.29. The third-order valence-corrected chi connectivity index (χ3v) is 8.27. The Hall–Kier alpha value is -4.68. The number of hydrogen-bond donors (Lipinski definition) is 4. The number of para-hydroxylation sites is 1. The Morgan fingerprint density at radius 1 is 1.11 bits per heavy atom. The smallest absolute Gasteiger partial charge is 0.355 e. The average molecular weight is 648 g/mol. The number of nitrogens with one attached hydrogen (secondary N) is 2. The highest BCUT2D eigenvalue weighted by Gasteiger charge is 2.21. The Kier molecular flexibility index (Phi) is 10.2. The molecule has 0 radical (unpaired) electrons. The highest BCUT2D eigenvalue weighted by Crippen LogP contribution is 2.29. The number of carboxylic acid groups (broad SMARTS) is 1. The Morgan fingerprint density at radius 2 is 1.93 bits per heavy atom. The topological polar surface area (TPSA) is 146 Å². The Bertz CT molecular complexity index is 1850. The molecule has 4 N–H and O–H groups in total. The van der Waals surface area contributed by atoms with E-state index in [0.29, 0.717) is 38.8 Å². The molecule has 1 unspecified atom stereocenters. The van der Waals surface area contributed by atoms with Crippen molar-refractivity contribution in [2.45, 2.75) is 26.0 Å². The number of aromatic carboxylic acids is 1. The number of carboxylic acids is 1. The first-order valence-electron chi connectivity index (χ1n) is 13.8. The van der Waals surface area contributed by atoms with Gasteiger partial charge in [-0.05, 0) is 63.0 Å². The molecule has 5 rings (SSSR count). The van der Waals surface area contributed by atoms with Gasteiger partial charge in [-0.25, -0.2) is 19.2 Å². The van der Waals surface area contributed by atoms with E-state index in [-0.39, 0.29) is 31.0 Å². The van der Waals surface area contributed by atoms with E-state index in [9.17, 15) is 19.4 Å². The summed E-state index contributed by atoms with van der Waals surface area (Å²) in [6.07, 6.45) is -1.14. The quantitative estimate of drug-likeness (QED) is 0.137. The second-order valence-electron chi connectivity index (χ2n) is 10.3. The number of halogens is 1. The second-order valence-corrected chi connectivity index (χ2v) is 12.4. The van der Waals surface area contributed by atoms with Crippen LogP contribution in [-0.4, -0.2) is 74.6 Å². The number of carbonyl (C=O) groups is 1. The van der Waals surface area contributed by atoms with Gasteiger partial charge in [0.05, 0.1) is 35.1 Å². The minimum atomic E-state index is -1.22. The van der Waals surface area contributed by atoms with Crippen LogP contribution in [0.4, 0.5) is 20.5 Å². The number of benzene rings is 2. The van der Waals surface area contributed by atoms with E-state index in [4.69, 9.17) is 4.74 Å². The number of anilines is 3. The summed E-state index contributed by atoms with van der Waals surface area (Å²) in [6, 6.07) is 14.1. The van der Waals surface area contributed by atoms with E-state index in [1.807, 2.05) is 56.3 Å². The predicted octanol–water partition coefficient (Wildman–Crippen LogP) is 4.94. The van der Waals surface area contributed by atoms with E-state index in [1.165, 1.54) is 23.5 Å². The molecule has 0 aliphatic rings. The van der Waals surface area contributed by atoms with Gasteiger partial charge in [0.2, 0.25) is 0 Å². The number of aryl methyl sites for hydroxylation is 1. The number of aliphatic hydroxyl groups excluding tert-OH is 1. The van der Waals surface area contributed by atoms with Crippen LogP contribution in [0.1, 0.15) is 32.2 Å². The highest BCUT2D eigenvalue weighted by molar-refractivity contribution is 7.22. The second kappa shape index (κ2) is 14.4. The molecule has 0 fully saturated rings. The van der Waals surface area contributed by atoms with E-state index < -0.39 is 17.9 Å². The molecule has 3 heterocycles. The first-order chi connectivity index (χ1) is 21.6. The molecule has 0 spiro atoms. The van der Waals surface area contributed by atoms with E-state index in [1.54, 1.807) is 6.07 Å². The van der Waals surface area contributed by atoms with Crippen molar-refractivity contribution in [3.05, 3.63) is 81.7 Å². The van der Waals surface area contributed by atoms with E-state index >= 15 is 0 Å². The molecular formula is C31H30FN7O4S2. The fourth-order valence-corrected chi connectivity index (χ4v) is 6.02. The fraction of sp³-hybridized carbons (Fsp3) is 0.258. The van der Waals surface area contributed by atoms with Crippen LogP contribution in [0.5, 0.6) is 5.75 Å². The predicted molar refractivity (Wildman–Crippen MR) is 173 cm³/mol. The number of aromatic nitrogens is 4. The van der Waals surface area contributed by atoms with Gasteiger partial charge in [0.1, 0.15) is 6.61 Å². The lowest BCUT2D eigenvalue weighted by Gasteiger charge is -2.12. The number of rotatable bonds is 12. The van der Waals surface area contributed by atoms with Crippen LogP contribution >= 0.6 is 22.7 Å². The Balaban J connectivity index is 1.16. The van der Waals surface area contributed by atoms with Gasteiger partial charge in [0, 0.05) is 16.9 Å². The summed E-state index contributed by atoms with van der Waals surface area (Å²) in [5.41, 5.74) is 2.73. The van der Waals surface area contributed by atoms with Crippen LogP contribution in [-0.2, 0) is 13.0 Å². The van der Waals surface area contributed by atoms with E-state index in [2.05, 4.69) is 42.6 Å². The molecule has 5 aromatic rings. The van der Waals surface area contributed by atoms with Crippen molar-refractivity contribution >= 4 is 54.9 Å². The van der Waals surface area contributed by atoms with Crippen LogP contribution in [0.25, 0.3) is 10.2 Å². The lowest BCUT2D eigenvalue weighted by atomic mass is 10.2. The van der Waals surface area contributed by atoms with Crippen LogP contribution in [0.2, 0.25) is 0 Å². The van der Waals surface area contributed by atoms with Crippen LogP contribution in [0, 0.1) is 24.6 Å². The fourth-order valence-electron chi connectivity index (χ4n) is 4.13. The van der Waals surface area contributed by atoms with Gasteiger partial charge in [-0.15, -0.1) is 16.4 Å². The Morgan fingerprint density at radius 3 is 2.67 bits per heavy atom. The number of hydrogen-bond acceptors (Lipinski definition) is 12. The summed E-state index contributed by atoms with van der Waals surface area (Å²) in [7, 11) is 3.78. The first-order valence-corrected chi connectivity index (χ1v) is 15.4. The van der Waals surface area contributed by atoms with Crippen molar-refractivity contribution in [3.63, 3.8) is 0 Å². The van der Waals surface area contributed by atoms with Gasteiger partial charge in [-0.3, -0.25) is 4.90 Å². The molecule has 0 aliphatic heterocycles. The van der Waals surface area contributed by atoms with Gasteiger partial charge in [0.25, 0.3) is 0 Å². The lowest BCUT2D eigenvalue weighted by molar-refractivity contribution is 0.0687. The summed E-state index contributed by atoms with van der Waals surface area (Å²) in [6.45, 7) is 2.46. The molecule has 1 atom stereocenters. The maximum absolute atomic E-state index is 14.5. The maximum atomic E-state index is 14.5. The zero-order valence-corrected chi connectivity index (χ0v) is 26.3. The number of nitrogens with zero attached hydrogens (tertiary/aromatic N) is 5. The zero-order valence-electron chi connectivity index (χ0n) is 24.7. The SMILES string of the molecule is Cc1cc(CNc2nc(C(=O)O)c(CC(O)COc3ccc(C#CCN(C)C)cc3F)s2)nnc1Nc1nc2ccccc2s1. The number of thiazole rings is 2. The molecule has 0 aliphatic carbocycles. The third kappa shape index (κ3) is 8.49. The molecule has 3 aromatic heterocycles. The molecule has 0 saturated carbocycles. The van der Waals surface area contributed by atoms with Crippen molar-refractivity contribution in [2.75, 3.05) is 37.9 Å². The molecule has 0 saturated heterocycles. The van der Waals surface area contributed by atoms with Crippen molar-refractivity contribution < 1.29 is 24.1 Å². The zero-order chi connectivity index (χ0) is 31.9. The normalized spacial score (nSPS) is 11.7. The standard InChI is InChI=1S/C31H30FN7O4S2/c1-18-13-20(37-38-28(18)36-31-34-23-8-4-5-9-25(23)44-31)16-33-30-35-27(29(41)42)26(45-30)15-21(40)17-43-24-11-10-19(14-22(24)32)7-6-12-39(2)3/h4-5,8-11,13-14,21,40H,12,15-17H2,1-3H3,(H,33,35)(H,41,42)(H,34,36,38). The lowest BCUT2D eigenvalue weighted by Crippen LogP contribution is -2.21. The molecular weight excluding hydrogens is 618 g/mol. The number of fused-ring (bicyclic) bond motifs is 1. The van der Waals surface area contributed by atoms with Crippen molar-refractivity contribution in [3.8, 4) is 17.6 Å². The largest absolute Gasteiger partial charge is 0.488 e. The van der Waals surface area contributed by atoms with E-state index in [0.717, 1.165) is 27.1 Å². The average Bonchev–Trinajstić information content (AvgIpc) is 3.60. The molecule has 2 aromatic carbocycles. The van der Waals surface area contributed by atoms with Crippen molar-refractivity contribution in [2.24, 2.45) is 0 Å². The number of aliphatic hydroxyl groups is 1. The molecule has 45 heavy (non-hydrogen) atoms. The van der Waals surface area contributed by atoms with Gasteiger partial charge in [-0.2, -0.15) is 5.10 Å². The summed E-state index contributed by atoms with van der Waals surface area (Å²) in [5, 5.41) is 36.2. The summed E-state index contributed by atoms with van der Waals surface area (Å²) in [5.74, 6) is 4.55. The van der Waals surface area contributed by atoms with Crippen molar-refractivity contribution in [1.29, 1.82) is 0 Å². The molecule has 11 nitrogen and oxygen atoms in total. The van der Waals surface area contributed by atoms with Crippen molar-refractivity contribution in [1.82, 2.24) is 25.1 Å². The summed E-state index contributed by atoms with van der Waals surface area (Å²) < 4.78 is 21.0. The minimum absolute atomic E-state index is 0.0324. The molecule has 0 bridgehead atoms. The number of ether oxygens (including phenoxy) is 1. The summed E-state index contributed by atoms with van der Waals surface area (Å²) in [4.78, 5) is 22.9. The highest BCUT2D eigenvalue weighted by atomic mass is 32.1. The van der Waals surface area contributed by atoms with Crippen LogP contribution in [0.15, 0.2) is 48.5 Å². The molecule has 232 valence electrons. The summed E-state index contributed by atoms with van der Waals surface area (Å²) >= 11 is 2.63. The van der Waals surface area contributed by atoms with Gasteiger partial charge >= 0.3 is 5.97 Å².